The monoisotopic (exact) mass is 300 g/mol. The number of fused-ring (bicyclic) bond motifs is 1. The Morgan fingerprint density at radius 1 is 1.24 bits per heavy atom. The molecule has 0 fully saturated rings. The summed E-state index contributed by atoms with van der Waals surface area (Å²) < 4.78 is 7.78. The highest BCUT2D eigenvalue weighted by Crippen LogP contribution is 2.28. The molecule has 0 atom stereocenters. The van der Waals surface area contributed by atoms with Crippen LogP contribution in [0.2, 0.25) is 0 Å². The summed E-state index contributed by atoms with van der Waals surface area (Å²) >= 11 is 5.47. The molecule has 2 heterocycles. The largest absolute Gasteiger partial charge is 0.479 e. The van der Waals surface area contributed by atoms with Crippen LogP contribution in [-0.2, 0) is 0 Å². The number of imidazole rings is 1. The highest BCUT2D eigenvalue weighted by atomic mass is 32.1. The summed E-state index contributed by atoms with van der Waals surface area (Å²) in [6.45, 7) is 4.32. The number of benzene rings is 1. The molecule has 0 saturated carbocycles. The molecule has 1 aromatic carbocycles. The fraction of sp³-hybridized carbons (Fsp3) is 0.267. The first kappa shape index (κ1) is 13.8. The molecule has 3 aromatic rings. The van der Waals surface area contributed by atoms with Crippen molar-refractivity contribution in [1.82, 2.24) is 19.5 Å². The Bertz CT molecular complexity index is 850. The molecule has 2 aromatic heterocycles. The first-order valence-electron chi connectivity index (χ1n) is 6.72. The van der Waals surface area contributed by atoms with Gasteiger partial charge in [-0.25, -0.2) is 4.98 Å². The topological polar surface area (TPSA) is 55.7 Å². The number of ether oxygens (including phenoxy) is 1. The molecular weight excluding hydrogens is 284 g/mol. The minimum absolute atomic E-state index is 0.386. The molecule has 21 heavy (non-hydrogen) atoms. The van der Waals surface area contributed by atoms with E-state index in [1.165, 1.54) is 11.9 Å². The maximum atomic E-state index is 5.47. The zero-order chi connectivity index (χ0) is 15.0. The number of methoxy groups -OCH3 is 1. The van der Waals surface area contributed by atoms with E-state index in [-0.39, 0.29) is 0 Å². The highest BCUT2D eigenvalue weighted by molar-refractivity contribution is 7.71. The Kier molecular flexibility index (Phi) is 3.47. The summed E-state index contributed by atoms with van der Waals surface area (Å²) in [6, 6.07) is 8.19. The number of aromatic amines is 1. The maximum absolute atomic E-state index is 5.47. The molecular formula is C15H16N4OS. The molecule has 0 saturated heterocycles. The Balaban J connectivity index is 2.37. The van der Waals surface area contributed by atoms with Gasteiger partial charge in [0.15, 0.2) is 10.4 Å². The van der Waals surface area contributed by atoms with Gasteiger partial charge < -0.3 is 9.72 Å². The minimum Gasteiger partial charge on any atom is -0.479 e. The average Bonchev–Trinajstić information content (AvgIpc) is 2.82. The van der Waals surface area contributed by atoms with Gasteiger partial charge in [-0.05, 0) is 29.8 Å². The van der Waals surface area contributed by atoms with E-state index in [0.29, 0.717) is 22.1 Å². The first-order chi connectivity index (χ1) is 10.1. The summed E-state index contributed by atoms with van der Waals surface area (Å²) in [5, 5.41) is 0. The van der Waals surface area contributed by atoms with Crippen LogP contribution in [0.4, 0.5) is 0 Å². The van der Waals surface area contributed by atoms with Gasteiger partial charge >= 0.3 is 0 Å². The number of nitrogens with zero attached hydrogens (tertiary/aromatic N) is 3. The summed E-state index contributed by atoms with van der Waals surface area (Å²) in [6.07, 6.45) is 1.48. The number of rotatable bonds is 3. The third-order valence-corrected chi connectivity index (χ3v) is 3.72. The van der Waals surface area contributed by atoms with E-state index in [0.717, 1.165) is 11.3 Å². The van der Waals surface area contributed by atoms with Crippen molar-refractivity contribution >= 4 is 23.4 Å². The van der Waals surface area contributed by atoms with Crippen LogP contribution in [0, 0.1) is 4.77 Å². The second kappa shape index (κ2) is 5.29. The van der Waals surface area contributed by atoms with Gasteiger partial charge in [0.1, 0.15) is 11.8 Å². The fourth-order valence-corrected chi connectivity index (χ4v) is 2.74. The van der Waals surface area contributed by atoms with Crippen LogP contribution in [0.3, 0.4) is 0 Å². The summed E-state index contributed by atoms with van der Waals surface area (Å²) in [4.78, 5) is 11.6. The number of nitrogens with one attached hydrogen (secondary N) is 1. The van der Waals surface area contributed by atoms with Crippen LogP contribution in [0.1, 0.15) is 25.3 Å². The van der Waals surface area contributed by atoms with Gasteiger partial charge in [0.05, 0.1) is 12.8 Å². The normalized spacial score (nSPS) is 11.2. The second-order valence-corrected chi connectivity index (χ2v) is 5.45. The quantitative estimate of drug-likeness (QED) is 0.751. The number of aromatic nitrogens is 4. The summed E-state index contributed by atoms with van der Waals surface area (Å²) in [7, 11) is 1.58. The van der Waals surface area contributed by atoms with Crippen molar-refractivity contribution < 1.29 is 4.74 Å². The van der Waals surface area contributed by atoms with Gasteiger partial charge in [-0.1, -0.05) is 32.0 Å². The molecule has 0 radical (unpaired) electrons. The zero-order valence-electron chi connectivity index (χ0n) is 12.1. The Morgan fingerprint density at radius 2 is 2.00 bits per heavy atom. The lowest BCUT2D eigenvalue weighted by molar-refractivity contribution is 0.401. The summed E-state index contributed by atoms with van der Waals surface area (Å²) in [5.41, 5.74) is 3.68. The number of para-hydroxylation sites is 1. The number of hydrogen-bond donors (Lipinski definition) is 1. The second-order valence-electron chi connectivity index (χ2n) is 5.06. The molecule has 0 spiro atoms. The first-order valence-corrected chi connectivity index (χ1v) is 7.13. The lowest BCUT2D eigenvalue weighted by atomic mass is 10.0. The van der Waals surface area contributed by atoms with Crippen molar-refractivity contribution in [2.75, 3.05) is 7.11 Å². The van der Waals surface area contributed by atoms with Gasteiger partial charge in [0.25, 0.3) is 0 Å². The molecule has 1 N–H and O–H groups in total. The van der Waals surface area contributed by atoms with Gasteiger partial charge in [-0.3, -0.25) is 4.57 Å². The van der Waals surface area contributed by atoms with E-state index in [1.807, 2.05) is 22.8 Å². The van der Waals surface area contributed by atoms with Crippen LogP contribution >= 0.6 is 12.2 Å². The molecule has 0 aliphatic heterocycles. The van der Waals surface area contributed by atoms with E-state index < -0.39 is 0 Å². The van der Waals surface area contributed by atoms with Crippen molar-refractivity contribution in [2.24, 2.45) is 0 Å². The third kappa shape index (κ3) is 2.21. The Hall–Kier alpha value is -2.21. The molecule has 0 bridgehead atoms. The molecule has 0 aliphatic rings. The van der Waals surface area contributed by atoms with Crippen molar-refractivity contribution in [2.45, 2.75) is 19.8 Å². The van der Waals surface area contributed by atoms with Crippen molar-refractivity contribution in [1.29, 1.82) is 0 Å². The van der Waals surface area contributed by atoms with Crippen molar-refractivity contribution in [3.05, 3.63) is 40.9 Å². The van der Waals surface area contributed by atoms with E-state index in [1.54, 1.807) is 7.11 Å². The Morgan fingerprint density at radius 3 is 2.71 bits per heavy atom. The standard InChI is InChI=1S/C15H16N4OS/c1-9(2)10-6-4-5-7-11(10)19-13-12(18-15(19)21)14(20-3)17-8-16-13/h4-9H,1-3H3,(H,18,21). The lowest BCUT2D eigenvalue weighted by Gasteiger charge is -2.13. The maximum Gasteiger partial charge on any atom is 0.242 e. The van der Waals surface area contributed by atoms with Crippen LogP contribution in [0.25, 0.3) is 16.9 Å². The molecule has 5 nitrogen and oxygen atoms in total. The molecule has 0 aliphatic carbocycles. The van der Waals surface area contributed by atoms with Crippen molar-refractivity contribution in [3.8, 4) is 11.6 Å². The van der Waals surface area contributed by atoms with Gasteiger partial charge in [-0.15, -0.1) is 0 Å². The van der Waals surface area contributed by atoms with E-state index >= 15 is 0 Å². The van der Waals surface area contributed by atoms with E-state index in [4.69, 9.17) is 17.0 Å². The van der Waals surface area contributed by atoms with E-state index in [9.17, 15) is 0 Å². The minimum atomic E-state index is 0.386. The van der Waals surface area contributed by atoms with Gasteiger partial charge in [0.2, 0.25) is 5.88 Å². The van der Waals surface area contributed by atoms with E-state index in [2.05, 4.69) is 34.9 Å². The van der Waals surface area contributed by atoms with Crippen LogP contribution in [0.15, 0.2) is 30.6 Å². The zero-order valence-corrected chi connectivity index (χ0v) is 12.9. The van der Waals surface area contributed by atoms with Crippen molar-refractivity contribution in [3.63, 3.8) is 0 Å². The molecule has 6 heteroatoms. The number of hydrogen-bond acceptors (Lipinski definition) is 4. The van der Waals surface area contributed by atoms with Crippen LogP contribution in [-0.4, -0.2) is 26.6 Å². The third-order valence-electron chi connectivity index (χ3n) is 3.43. The molecule has 3 rings (SSSR count). The SMILES string of the molecule is COc1ncnc2c1[nH]c(=S)n2-c1ccccc1C(C)C. The smallest absolute Gasteiger partial charge is 0.242 e. The predicted molar refractivity (Wildman–Crippen MR) is 84.7 cm³/mol. The molecule has 108 valence electrons. The van der Waals surface area contributed by atoms with Crippen LogP contribution in [0.5, 0.6) is 5.88 Å². The highest BCUT2D eigenvalue weighted by Gasteiger charge is 2.15. The van der Waals surface area contributed by atoms with Gasteiger partial charge in [-0.2, -0.15) is 4.98 Å². The average molecular weight is 300 g/mol. The molecule has 0 amide bonds. The van der Waals surface area contributed by atoms with Crippen LogP contribution < -0.4 is 4.74 Å². The molecule has 0 unspecified atom stereocenters. The fourth-order valence-electron chi connectivity index (χ4n) is 2.46. The lowest BCUT2D eigenvalue weighted by Crippen LogP contribution is -2.02. The Labute approximate surface area is 127 Å². The van der Waals surface area contributed by atoms with Gasteiger partial charge in [0, 0.05) is 0 Å². The predicted octanol–water partition coefficient (Wildman–Crippen LogP) is 3.61. The number of H-pyrrole nitrogens is 1. The summed E-state index contributed by atoms with van der Waals surface area (Å²) in [5.74, 6) is 0.878.